The number of fused-ring (bicyclic) bond motifs is 2. The van der Waals surface area contributed by atoms with Crippen molar-refractivity contribution in [3.63, 3.8) is 0 Å². The number of hydrogen-bond acceptors (Lipinski definition) is 18. The average molecular weight is 903 g/mol. The first-order valence-electron chi connectivity index (χ1n) is 21.0. The molecule has 0 radical (unpaired) electrons. The molecule has 64 heavy (non-hydrogen) atoms. The van der Waals surface area contributed by atoms with E-state index in [9.17, 15) is 28.6 Å². The fourth-order valence-corrected chi connectivity index (χ4v) is 7.43. The lowest BCUT2D eigenvalue weighted by atomic mass is 10.1. The van der Waals surface area contributed by atoms with Crippen molar-refractivity contribution in [3.05, 3.63) is 103 Å². The first-order chi connectivity index (χ1) is 30.6. The number of benzene rings is 2. The van der Waals surface area contributed by atoms with Gasteiger partial charge < -0.3 is 30.3 Å². The lowest BCUT2D eigenvalue weighted by Crippen LogP contribution is -2.36. The Balaban J connectivity index is 0.000000182. The van der Waals surface area contributed by atoms with E-state index in [2.05, 4.69) is 64.7 Å². The number of aliphatic hydroxyl groups excluding tert-OH is 1. The Morgan fingerprint density at radius 2 is 1.20 bits per heavy atom. The number of rotatable bonds is 13. The number of nitrogens with one attached hydrogen (secondary N) is 2. The fraction of sp³-hybridized carbons (Fsp3) is 0.463. The number of ether oxygens (including phenoxy) is 1. The summed E-state index contributed by atoms with van der Waals surface area (Å²) in [5, 5.41) is 45.4. The van der Waals surface area contributed by atoms with Crippen LogP contribution in [0, 0.1) is 20.2 Å². The summed E-state index contributed by atoms with van der Waals surface area (Å²) in [6.45, 7) is 8.61. The van der Waals surface area contributed by atoms with Crippen molar-refractivity contribution in [3.8, 4) is 6.01 Å². The topological polar surface area (TPSA) is 267 Å². The van der Waals surface area contributed by atoms with Gasteiger partial charge >= 0.3 is 6.01 Å². The lowest BCUT2D eigenvalue weighted by molar-refractivity contribution is -0.385. The number of piperidine rings is 2. The Bertz CT molecular complexity index is 2650. The maximum absolute atomic E-state index is 11.9. The number of aliphatic hydroxyl groups is 1. The Kier molecular flexibility index (Phi) is 15.7. The van der Waals surface area contributed by atoms with Crippen molar-refractivity contribution >= 4 is 44.4 Å². The lowest BCUT2D eigenvalue weighted by Gasteiger charge is -2.28. The molecule has 8 rings (SSSR count). The van der Waals surface area contributed by atoms with Crippen LogP contribution in [0.15, 0.2) is 66.1 Å². The van der Waals surface area contributed by atoms with Crippen LogP contribution in [0.1, 0.15) is 61.8 Å². The molecular weight excluding hydrogens is 849 g/mol. The minimum absolute atomic E-state index is 0.0220. The van der Waals surface area contributed by atoms with E-state index in [0.717, 1.165) is 81.2 Å². The molecule has 2 aliphatic heterocycles. The normalized spacial score (nSPS) is 15.2. The maximum Gasteiger partial charge on any atom is 0.322 e. The van der Waals surface area contributed by atoms with Crippen LogP contribution in [-0.4, -0.2) is 131 Å². The molecule has 2 aliphatic rings. The number of nitrogens with zero attached hydrogens (tertiary/aromatic N) is 12. The molecule has 22 nitrogen and oxygen atoms in total. The molecule has 6 heterocycles. The number of sulfone groups is 1. The molecule has 4 aromatic heterocycles. The van der Waals surface area contributed by atoms with Crippen LogP contribution in [0.25, 0.3) is 11.3 Å². The first kappa shape index (κ1) is 47.1. The monoisotopic (exact) mass is 902 g/mol. The highest BCUT2D eigenvalue weighted by molar-refractivity contribution is 7.90. The maximum atomic E-state index is 11.9. The van der Waals surface area contributed by atoms with Gasteiger partial charge in [0.1, 0.15) is 6.10 Å². The Labute approximate surface area is 369 Å². The van der Waals surface area contributed by atoms with E-state index >= 15 is 0 Å². The second-order valence-electron chi connectivity index (χ2n) is 15.7. The number of aryl methyl sites for hydroxylation is 2. The summed E-state index contributed by atoms with van der Waals surface area (Å²) in [5.74, 6) is 0.691. The standard InChI is InChI=1S/C20H25N7O3.C15H16N6O4S.C6H13NO/c1-3-15-13-22-26-18(15)23-20(30-17-7-9-25(2)10-8-17)24-19(26)21-12-14-5-4-6-16(11-14)27(28)29;1-3-11-9-17-20-13(11)18-15(26(2,24)25)19-14(20)16-8-10-5-4-6-12(7-10)21(22)23;1-7-4-2-6(8)3-5-7/h4-6,11,13,17H,3,7-10,12H2,1-2H3,(H,21,23,24);4-7,9H,3,8H2,1-2H3,(H,16,18,19);6,8H,2-5H2,1H3. The number of nitro benzene ring substituents is 2. The van der Waals surface area contributed by atoms with Crippen molar-refractivity contribution in [1.29, 1.82) is 0 Å². The second kappa shape index (κ2) is 21.3. The van der Waals surface area contributed by atoms with E-state index in [-0.39, 0.29) is 41.2 Å². The smallest absolute Gasteiger partial charge is 0.322 e. The van der Waals surface area contributed by atoms with Crippen molar-refractivity contribution in [2.75, 3.05) is 57.2 Å². The summed E-state index contributed by atoms with van der Waals surface area (Å²) < 4.78 is 33.0. The molecular formula is C41H54N14O8S. The molecule has 23 heteroatoms. The number of non-ortho nitro benzene ring substituents is 2. The van der Waals surface area contributed by atoms with Gasteiger partial charge in [-0.15, -0.1) is 0 Å². The summed E-state index contributed by atoms with van der Waals surface area (Å²) in [4.78, 5) is 42.8. The predicted octanol–water partition coefficient (Wildman–Crippen LogP) is 4.36. The van der Waals surface area contributed by atoms with Crippen molar-refractivity contribution in [2.24, 2.45) is 0 Å². The van der Waals surface area contributed by atoms with Crippen LogP contribution in [0.3, 0.4) is 0 Å². The summed E-state index contributed by atoms with van der Waals surface area (Å²) in [5.41, 5.74) is 4.36. The highest BCUT2D eigenvalue weighted by Crippen LogP contribution is 2.23. The van der Waals surface area contributed by atoms with Crippen LogP contribution in [-0.2, 0) is 35.8 Å². The molecule has 0 aliphatic carbocycles. The van der Waals surface area contributed by atoms with Crippen molar-refractivity contribution < 1.29 is 28.1 Å². The Hall–Kier alpha value is -6.43. The molecule has 6 aromatic rings. The molecule has 0 bridgehead atoms. The third-order valence-electron chi connectivity index (χ3n) is 10.7. The second-order valence-corrected chi connectivity index (χ2v) is 17.6. The van der Waals surface area contributed by atoms with Crippen LogP contribution < -0.4 is 15.4 Å². The highest BCUT2D eigenvalue weighted by Gasteiger charge is 2.22. The molecule has 342 valence electrons. The van der Waals surface area contributed by atoms with Crippen molar-refractivity contribution in [1.82, 2.24) is 49.0 Å². The minimum Gasteiger partial charge on any atom is -0.460 e. The van der Waals surface area contributed by atoms with Crippen LogP contribution >= 0.6 is 0 Å². The van der Waals surface area contributed by atoms with Gasteiger partial charge in [-0.25, -0.2) is 8.42 Å². The third kappa shape index (κ3) is 12.4. The largest absolute Gasteiger partial charge is 0.460 e. The highest BCUT2D eigenvalue weighted by atomic mass is 32.2. The summed E-state index contributed by atoms with van der Waals surface area (Å²) in [6, 6.07) is 13.0. The molecule has 0 unspecified atom stereocenters. The van der Waals surface area contributed by atoms with Crippen LogP contribution in [0.4, 0.5) is 23.3 Å². The summed E-state index contributed by atoms with van der Waals surface area (Å²) in [6.07, 6.45) is 9.68. The summed E-state index contributed by atoms with van der Waals surface area (Å²) >= 11 is 0. The van der Waals surface area contributed by atoms with Gasteiger partial charge in [0, 0.05) is 80.9 Å². The molecule has 0 atom stereocenters. The zero-order valence-corrected chi connectivity index (χ0v) is 37.3. The first-order valence-corrected chi connectivity index (χ1v) is 22.9. The van der Waals surface area contributed by atoms with Crippen LogP contribution in [0.2, 0.25) is 0 Å². The number of hydrogen-bond donors (Lipinski definition) is 3. The minimum atomic E-state index is -3.61. The quantitative estimate of drug-likeness (QED) is 0.107. The zero-order chi connectivity index (χ0) is 46.0. The molecule has 2 fully saturated rings. The zero-order valence-electron chi connectivity index (χ0n) is 36.5. The van der Waals surface area contributed by atoms with Gasteiger partial charge in [0.05, 0.1) is 28.3 Å². The molecule has 0 amide bonds. The summed E-state index contributed by atoms with van der Waals surface area (Å²) in [7, 11) is 0.582. The van der Waals surface area contributed by atoms with Gasteiger partial charge in [0.15, 0.2) is 11.3 Å². The van der Waals surface area contributed by atoms with E-state index in [1.807, 2.05) is 19.9 Å². The van der Waals surface area contributed by atoms with E-state index in [0.29, 0.717) is 41.8 Å². The van der Waals surface area contributed by atoms with Gasteiger partial charge in [-0.2, -0.15) is 39.2 Å². The van der Waals surface area contributed by atoms with E-state index in [1.165, 1.54) is 22.7 Å². The average Bonchev–Trinajstić information content (AvgIpc) is 3.91. The molecule has 2 aromatic carbocycles. The number of nitro groups is 2. The van der Waals surface area contributed by atoms with E-state index in [1.54, 1.807) is 41.2 Å². The van der Waals surface area contributed by atoms with E-state index in [4.69, 9.17) is 9.84 Å². The van der Waals surface area contributed by atoms with Gasteiger partial charge in [0.25, 0.3) is 16.5 Å². The van der Waals surface area contributed by atoms with E-state index < -0.39 is 19.7 Å². The van der Waals surface area contributed by atoms with Gasteiger partial charge in [0.2, 0.25) is 21.7 Å². The third-order valence-corrected chi connectivity index (χ3v) is 11.6. The van der Waals surface area contributed by atoms with Crippen LogP contribution in [0.5, 0.6) is 6.01 Å². The van der Waals surface area contributed by atoms with Gasteiger partial charge in [-0.3, -0.25) is 20.2 Å². The molecule has 2 saturated heterocycles. The number of likely N-dealkylation sites (tertiary alicyclic amines) is 2. The predicted molar refractivity (Wildman–Crippen MR) is 238 cm³/mol. The fourth-order valence-electron chi connectivity index (χ4n) is 6.92. The van der Waals surface area contributed by atoms with Crippen molar-refractivity contribution in [2.45, 2.75) is 82.8 Å². The molecule has 0 spiro atoms. The Morgan fingerprint density at radius 3 is 1.66 bits per heavy atom. The van der Waals surface area contributed by atoms with Gasteiger partial charge in [-0.1, -0.05) is 38.1 Å². The molecule has 0 saturated carbocycles. The van der Waals surface area contributed by atoms with Gasteiger partial charge in [-0.05, 0) is 63.7 Å². The number of anilines is 2. The Morgan fingerprint density at radius 1 is 0.734 bits per heavy atom. The number of aromatic nitrogens is 8. The SMILES string of the molecule is CCc1cnn2c(NCc3cccc([N+](=O)[O-])c3)nc(OC3CCN(C)CC3)nc12.CCc1cnn2c(NCc3cccc([N+](=O)[O-])c3)nc(S(C)(=O)=O)nc12.CN1CCC(O)CC1. The molecule has 3 N–H and O–H groups in total.